The van der Waals surface area contributed by atoms with Gasteiger partial charge in [-0.15, -0.1) is 0 Å². The summed E-state index contributed by atoms with van der Waals surface area (Å²) in [6, 6.07) is 6.44. The standard InChI is InChI=1S/C12H9ClFIN2/c13-7-1-2-11(15)9(5-7)12(16)8-3-4-17-6-10(8)14/h1-6,12H,16H2. The predicted molar refractivity (Wildman–Crippen MR) is 74.4 cm³/mol. The Balaban J connectivity index is 2.47. The van der Waals surface area contributed by atoms with E-state index >= 15 is 0 Å². The fourth-order valence-corrected chi connectivity index (χ4v) is 2.41. The topological polar surface area (TPSA) is 38.9 Å². The lowest BCUT2D eigenvalue weighted by Gasteiger charge is -2.15. The van der Waals surface area contributed by atoms with Crippen LogP contribution >= 0.6 is 34.2 Å². The van der Waals surface area contributed by atoms with Crippen LogP contribution in [-0.4, -0.2) is 4.98 Å². The molecule has 1 aromatic carbocycles. The Kier molecular flexibility index (Phi) is 3.96. The van der Waals surface area contributed by atoms with Crippen LogP contribution in [0.15, 0.2) is 36.7 Å². The number of hydrogen-bond acceptors (Lipinski definition) is 2. The summed E-state index contributed by atoms with van der Waals surface area (Å²) in [5.41, 5.74) is 7.28. The van der Waals surface area contributed by atoms with Crippen LogP contribution in [0.5, 0.6) is 0 Å². The molecular formula is C12H9ClFIN2. The van der Waals surface area contributed by atoms with Gasteiger partial charge in [-0.2, -0.15) is 0 Å². The van der Waals surface area contributed by atoms with Crippen LogP contribution in [0, 0.1) is 9.39 Å². The van der Waals surface area contributed by atoms with Gasteiger partial charge in [0.25, 0.3) is 0 Å². The Morgan fingerprint density at radius 1 is 1.29 bits per heavy atom. The van der Waals surface area contributed by atoms with Crippen molar-refractivity contribution in [3.05, 3.63) is 62.2 Å². The van der Waals surface area contributed by atoms with Gasteiger partial charge in [0, 0.05) is 20.4 Å². The monoisotopic (exact) mass is 362 g/mol. The summed E-state index contributed by atoms with van der Waals surface area (Å²) >= 11 is 8.08. The van der Waals surface area contributed by atoms with Gasteiger partial charge in [-0.1, -0.05) is 11.6 Å². The summed E-state index contributed by atoms with van der Waals surface area (Å²) in [4.78, 5) is 3.70. The second-order valence-electron chi connectivity index (χ2n) is 3.54. The molecule has 0 amide bonds. The maximum atomic E-state index is 13.6. The van der Waals surface area contributed by atoms with Crippen molar-refractivity contribution in [2.24, 2.45) is 5.73 Å². The van der Waals surface area contributed by atoms with Gasteiger partial charge in [-0.05, 0) is 52.4 Å². The predicted octanol–water partition coefficient (Wildman–Crippen LogP) is 3.53. The van der Waals surface area contributed by atoms with Crippen molar-refractivity contribution < 1.29 is 4.39 Å². The molecule has 0 spiro atoms. The minimum atomic E-state index is -0.538. The van der Waals surface area contributed by atoms with Crippen molar-refractivity contribution in [1.82, 2.24) is 4.98 Å². The molecule has 2 nitrogen and oxygen atoms in total. The number of hydrogen-bond donors (Lipinski definition) is 1. The van der Waals surface area contributed by atoms with Crippen LogP contribution in [-0.2, 0) is 0 Å². The van der Waals surface area contributed by atoms with Crippen molar-refractivity contribution in [1.29, 1.82) is 0 Å². The fourth-order valence-electron chi connectivity index (χ4n) is 1.56. The average molecular weight is 363 g/mol. The van der Waals surface area contributed by atoms with Crippen molar-refractivity contribution in [2.45, 2.75) is 6.04 Å². The molecule has 1 unspecified atom stereocenters. The Morgan fingerprint density at radius 2 is 2.06 bits per heavy atom. The summed E-state index contributed by atoms with van der Waals surface area (Å²) in [5.74, 6) is -0.407. The van der Waals surface area contributed by atoms with E-state index in [9.17, 15) is 4.39 Å². The highest BCUT2D eigenvalue weighted by Gasteiger charge is 2.16. The summed E-state index contributed by atoms with van der Waals surface area (Å²) in [5, 5.41) is 0.588. The molecule has 2 aromatic rings. The van der Waals surface area contributed by atoms with E-state index < -0.39 is 11.9 Å². The number of pyridine rings is 1. The number of halogens is 3. The number of benzene rings is 1. The molecule has 0 saturated heterocycles. The van der Waals surface area contributed by atoms with Crippen LogP contribution in [0.1, 0.15) is 17.2 Å². The average Bonchev–Trinajstić information content (AvgIpc) is 2.32. The van der Waals surface area contributed by atoms with Gasteiger partial charge in [-0.3, -0.25) is 4.98 Å². The lowest BCUT2D eigenvalue weighted by atomic mass is 10.0. The minimum Gasteiger partial charge on any atom is -0.320 e. The van der Waals surface area contributed by atoms with Crippen molar-refractivity contribution in [2.75, 3.05) is 0 Å². The molecule has 0 aliphatic heterocycles. The van der Waals surface area contributed by atoms with E-state index in [4.69, 9.17) is 17.3 Å². The summed E-state index contributed by atoms with van der Waals surface area (Å²) < 4.78 is 14.5. The molecule has 2 N–H and O–H groups in total. The smallest absolute Gasteiger partial charge is 0.146 e. The Bertz CT molecular complexity index is 548. The van der Waals surface area contributed by atoms with Crippen LogP contribution in [0.25, 0.3) is 0 Å². The first-order valence-corrected chi connectivity index (χ1v) is 6.35. The lowest BCUT2D eigenvalue weighted by Crippen LogP contribution is -2.15. The van der Waals surface area contributed by atoms with Gasteiger partial charge in [0.05, 0.1) is 12.2 Å². The van der Waals surface area contributed by atoms with E-state index in [2.05, 4.69) is 27.6 Å². The normalized spacial score (nSPS) is 12.5. The number of rotatable bonds is 2. The molecule has 1 heterocycles. The molecular weight excluding hydrogens is 354 g/mol. The zero-order chi connectivity index (χ0) is 12.4. The van der Waals surface area contributed by atoms with E-state index in [0.29, 0.717) is 10.6 Å². The molecule has 88 valence electrons. The lowest BCUT2D eigenvalue weighted by molar-refractivity contribution is 0.593. The van der Waals surface area contributed by atoms with Gasteiger partial charge >= 0.3 is 0 Å². The molecule has 1 atom stereocenters. The van der Waals surface area contributed by atoms with Crippen LogP contribution in [0.4, 0.5) is 4.39 Å². The summed E-state index contributed by atoms with van der Waals surface area (Å²) in [6.45, 7) is 0. The first-order chi connectivity index (χ1) is 8.09. The molecule has 17 heavy (non-hydrogen) atoms. The van der Waals surface area contributed by atoms with Gasteiger partial charge in [0.1, 0.15) is 5.82 Å². The third kappa shape index (κ3) is 2.75. The molecule has 0 saturated carbocycles. The van der Waals surface area contributed by atoms with Crippen LogP contribution < -0.4 is 5.73 Å². The molecule has 0 aliphatic carbocycles. The van der Waals surface area contributed by atoms with E-state index in [-0.39, 0.29) is 0 Å². The minimum absolute atomic E-state index is 0.407. The molecule has 1 aromatic heterocycles. The third-order valence-corrected chi connectivity index (χ3v) is 3.65. The highest BCUT2D eigenvalue weighted by Crippen LogP contribution is 2.27. The zero-order valence-corrected chi connectivity index (χ0v) is 11.6. The van der Waals surface area contributed by atoms with Crippen LogP contribution in [0.3, 0.4) is 0 Å². The van der Waals surface area contributed by atoms with Gasteiger partial charge < -0.3 is 5.73 Å². The van der Waals surface area contributed by atoms with Gasteiger partial charge in [0.2, 0.25) is 0 Å². The quantitative estimate of drug-likeness (QED) is 0.830. The summed E-state index contributed by atoms with van der Waals surface area (Å²) in [7, 11) is 0. The molecule has 2 rings (SSSR count). The number of nitrogens with zero attached hydrogens (tertiary/aromatic N) is 1. The van der Waals surface area contributed by atoms with Gasteiger partial charge in [-0.25, -0.2) is 4.39 Å². The Morgan fingerprint density at radius 3 is 2.76 bits per heavy atom. The fraction of sp³-hybridized carbons (Fsp3) is 0.0833. The van der Waals surface area contributed by atoms with E-state index in [0.717, 1.165) is 15.3 Å². The molecule has 0 aliphatic rings. The zero-order valence-electron chi connectivity index (χ0n) is 8.70. The molecule has 0 fully saturated rings. The second-order valence-corrected chi connectivity index (χ2v) is 5.14. The highest BCUT2D eigenvalue weighted by molar-refractivity contribution is 14.1. The SMILES string of the molecule is NC(c1ccncc1F)c1cc(Cl)ccc1I. The highest BCUT2D eigenvalue weighted by atomic mass is 127. The maximum absolute atomic E-state index is 13.6. The maximum Gasteiger partial charge on any atom is 0.146 e. The molecule has 5 heteroatoms. The third-order valence-electron chi connectivity index (χ3n) is 2.43. The first kappa shape index (κ1) is 12.7. The van der Waals surface area contributed by atoms with Crippen molar-refractivity contribution >= 4 is 34.2 Å². The van der Waals surface area contributed by atoms with E-state index in [1.54, 1.807) is 18.2 Å². The second kappa shape index (κ2) is 5.29. The first-order valence-electron chi connectivity index (χ1n) is 4.89. The van der Waals surface area contributed by atoms with Gasteiger partial charge in [0.15, 0.2) is 0 Å². The van der Waals surface area contributed by atoms with Crippen molar-refractivity contribution in [3.8, 4) is 0 Å². The van der Waals surface area contributed by atoms with Crippen LogP contribution in [0.2, 0.25) is 5.02 Å². The Hall–Kier alpha value is -0.720. The molecule has 0 radical (unpaired) electrons. The Labute approximate surface area is 117 Å². The van der Waals surface area contributed by atoms with Crippen molar-refractivity contribution in [3.63, 3.8) is 0 Å². The largest absolute Gasteiger partial charge is 0.320 e. The number of nitrogens with two attached hydrogens (primary N) is 1. The van der Waals surface area contributed by atoms with E-state index in [1.807, 2.05) is 6.07 Å². The number of aromatic nitrogens is 1. The molecule has 0 bridgehead atoms. The summed E-state index contributed by atoms with van der Waals surface area (Å²) in [6.07, 6.45) is 2.68. The van der Waals surface area contributed by atoms with E-state index in [1.165, 1.54) is 6.20 Å².